The highest BCUT2D eigenvalue weighted by atomic mass is 16.5. The zero-order valence-corrected chi connectivity index (χ0v) is 22.1. The molecule has 0 amide bonds. The number of oxazole rings is 1. The Bertz CT molecular complexity index is 1560. The van der Waals surface area contributed by atoms with Gasteiger partial charge < -0.3 is 19.0 Å². The van der Waals surface area contributed by atoms with Crippen molar-refractivity contribution in [3.63, 3.8) is 0 Å². The maximum absolute atomic E-state index is 11.6. The molecule has 39 heavy (non-hydrogen) atoms. The van der Waals surface area contributed by atoms with E-state index < -0.39 is 12.1 Å². The molecule has 1 heterocycles. The van der Waals surface area contributed by atoms with Crippen LogP contribution < -0.4 is 4.74 Å². The van der Waals surface area contributed by atoms with Gasteiger partial charge in [-0.05, 0) is 54.1 Å². The minimum atomic E-state index is -0.962. The van der Waals surface area contributed by atoms with Gasteiger partial charge in [0.2, 0.25) is 5.89 Å². The lowest BCUT2D eigenvalue weighted by Gasteiger charge is -2.16. The van der Waals surface area contributed by atoms with Gasteiger partial charge in [0.05, 0.1) is 12.3 Å². The average Bonchev–Trinajstić information content (AvgIpc) is 3.34. The third-order valence-electron chi connectivity index (χ3n) is 6.75. The number of rotatable bonds is 11. The quantitative estimate of drug-likeness (QED) is 0.199. The molecule has 5 rings (SSSR count). The third kappa shape index (κ3) is 6.02. The summed E-state index contributed by atoms with van der Waals surface area (Å²) in [6, 6.07) is 30.2. The normalized spacial score (nSPS) is 11.9. The van der Waals surface area contributed by atoms with Crippen molar-refractivity contribution in [2.45, 2.75) is 32.8 Å². The van der Waals surface area contributed by atoms with Gasteiger partial charge in [0, 0.05) is 30.4 Å². The summed E-state index contributed by atoms with van der Waals surface area (Å²) in [7, 11) is 0. The van der Waals surface area contributed by atoms with E-state index in [9.17, 15) is 9.90 Å². The number of carbonyl (C=O) groups is 1. The Kier molecular flexibility index (Phi) is 8.04. The molecule has 0 bridgehead atoms. The topological polar surface area (TPSA) is 81.8 Å². The van der Waals surface area contributed by atoms with Crippen LogP contribution in [0.3, 0.4) is 0 Å². The van der Waals surface area contributed by atoms with Crippen molar-refractivity contribution in [1.29, 1.82) is 0 Å². The van der Waals surface area contributed by atoms with Gasteiger partial charge in [0.15, 0.2) is 6.10 Å². The van der Waals surface area contributed by atoms with E-state index in [0.29, 0.717) is 25.5 Å². The largest absolute Gasteiger partial charge is 0.493 e. The standard InChI is InChI=1S/C33H31NO5/c1-3-37-31(33(35)36)21-26-17-18-30(28-12-8-7-11-27(26)28)38-20-19-29-22(2)39-32(34-29)25-15-13-24(14-16-25)23-9-5-4-6-10-23/h4-18,31H,3,19-21H2,1-2H3,(H,35,36). The molecule has 6 nitrogen and oxygen atoms in total. The third-order valence-corrected chi connectivity index (χ3v) is 6.75. The molecule has 0 aliphatic rings. The van der Waals surface area contributed by atoms with Gasteiger partial charge in [-0.3, -0.25) is 0 Å². The van der Waals surface area contributed by atoms with E-state index in [0.717, 1.165) is 44.7 Å². The van der Waals surface area contributed by atoms with Crippen LogP contribution >= 0.6 is 0 Å². The molecule has 0 fully saturated rings. The van der Waals surface area contributed by atoms with E-state index in [2.05, 4.69) is 24.3 Å². The summed E-state index contributed by atoms with van der Waals surface area (Å²) in [5.41, 5.74) is 5.01. The van der Waals surface area contributed by atoms with E-state index in [1.807, 2.05) is 73.7 Å². The maximum atomic E-state index is 11.6. The Morgan fingerprint density at radius 3 is 2.26 bits per heavy atom. The second-order valence-corrected chi connectivity index (χ2v) is 9.32. The van der Waals surface area contributed by atoms with Crippen LogP contribution in [0.15, 0.2) is 95.4 Å². The van der Waals surface area contributed by atoms with Crippen LogP contribution in [0.25, 0.3) is 33.4 Å². The summed E-state index contributed by atoms with van der Waals surface area (Å²) < 4.78 is 17.6. The molecule has 1 unspecified atom stereocenters. The number of hydrogen-bond acceptors (Lipinski definition) is 5. The fourth-order valence-electron chi connectivity index (χ4n) is 4.73. The summed E-state index contributed by atoms with van der Waals surface area (Å²) in [5, 5.41) is 11.4. The van der Waals surface area contributed by atoms with E-state index in [1.165, 1.54) is 5.56 Å². The predicted octanol–water partition coefficient (Wildman–Crippen LogP) is 7.12. The summed E-state index contributed by atoms with van der Waals surface area (Å²) in [6.07, 6.45) is -0.0000724. The Labute approximate surface area is 227 Å². The minimum absolute atomic E-state index is 0.289. The number of aliphatic carboxylic acids is 1. The molecule has 1 aromatic heterocycles. The number of hydrogen-bond donors (Lipinski definition) is 1. The molecule has 1 N–H and O–H groups in total. The van der Waals surface area contributed by atoms with Gasteiger partial charge in [-0.15, -0.1) is 0 Å². The summed E-state index contributed by atoms with van der Waals surface area (Å²) in [5.74, 6) is 1.15. The van der Waals surface area contributed by atoms with Crippen LogP contribution in [0.5, 0.6) is 5.75 Å². The van der Waals surface area contributed by atoms with Crippen LogP contribution in [0, 0.1) is 6.92 Å². The Hall–Kier alpha value is -4.42. The Morgan fingerprint density at radius 2 is 1.54 bits per heavy atom. The lowest BCUT2D eigenvalue weighted by molar-refractivity contribution is -0.149. The first kappa shape index (κ1) is 26.2. The number of aromatic nitrogens is 1. The van der Waals surface area contributed by atoms with Crippen LogP contribution in [0.1, 0.15) is 23.9 Å². The molecule has 4 aromatic carbocycles. The molecular weight excluding hydrogens is 490 g/mol. The molecule has 198 valence electrons. The van der Waals surface area contributed by atoms with Gasteiger partial charge in [-0.1, -0.05) is 72.8 Å². The molecule has 1 atom stereocenters. The fraction of sp³-hybridized carbons (Fsp3) is 0.212. The van der Waals surface area contributed by atoms with Crippen molar-refractivity contribution in [3.05, 3.63) is 108 Å². The lowest BCUT2D eigenvalue weighted by Crippen LogP contribution is -2.26. The van der Waals surface area contributed by atoms with Crippen LogP contribution in [0.2, 0.25) is 0 Å². The molecule has 0 aliphatic carbocycles. The first-order chi connectivity index (χ1) is 19.0. The van der Waals surface area contributed by atoms with Crippen molar-refractivity contribution in [2.75, 3.05) is 13.2 Å². The molecule has 0 saturated carbocycles. The number of carboxylic acid groups (broad SMARTS) is 1. The zero-order valence-electron chi connectivity index (χ0n) is 22.1. The van der Waals surface area contributed by atoms with Gasteiger partial charge in [-0.2, -0.15) is 0 Å². The summed E-state index contributed by atoms with van der Waals surface area (Å²) in [4.78, 5) is 16.3. The van der Waals surface area contributed by atoms with Crippen molar-refractivity contribution in [2.24, 2.45) is 0 Å². The maximum Gasteiger partial charge on any atom is 0.333 e. The second kappa shape index (κ2) is 12.0. The van der Waals surface area contributed by atoms with E-state index in [1.54, 1.807) is 6.92 Å². The molecule has 6 heteroatoms. The molecular formula is C33H31NO5. The smallest absolute Gasteiger partial charge is 0.333 e. The van der Waals surface area contributed by atoms with Gasteiger partial charge >= 0.3 is 5.97 Å². The van der Waals surface area contributed by atoms with Crippen molar-refractivity contribution in [3.8, 4) is 28.3 Å². The highest BCUT2D eigenvalue weighted by molar-refractivity contribution is 5.91. The molecule has 0 spiro atoms. The molecule has 0 aliphatic heterocycles. The first-order valence-corrected chi connectivity index (χ1v) is 13.1. The first-order valence-electron chi connectivity index (χ1n) is 13.1. The lowest BCUT2D eigenvalue weighted by atomic mass is 9.99. The molecule has 5 aromatic rings. The Morgan fingerprint density at radius 1 is 0.872 bits per heavy atom. The average molecular weight is 522 g/mol. The second-order valence-electron chi connectivity index (χ2n) is 9.32. The van der Waals surface area contributed by atoms with E-state index >= 15 is 0 Å². The number of ether oxygens (including phenoxy) is 2. The van der Waals surface area contributed by atoms with Crippen molar-refractivity contribution >= 4 is 16.7 Å². The van der Waals surface area contributed by atoms with E-state index in [4.69, 9.17) is 18.9 Å². The Balaban J connectivity index is 1.27. The number of fused-ring (bicyclic) bond motifs is 1. The van der Waals surface area contributed by atoms with Gasteiger partial charge in [0.1, 0.15) is 11.5 Å². The van der Waals surface area contributed by atoms with Gasteiger partial charge in [0.25, 0.3) is 0 Å². The van der Waals surface area contributed by atoms with Crippen LogP contribution in [0.4, 0.5) is 0 Å². The molecule has 0 saturated heterocycles. The zero-order chi connectivity index (χ0) is 27.2. The van der Waals surface area contributed by atoms with Crippen LogP contribution in [-0.4, -0.2) is 35.4 Å². The SMILES string of the molecule is CCOC(Cc1ccc(OCCc2nc(-c3ccc(-c4ccccc4)cc3)oc2C)c2ccccc12)C(=O)O. The number of carboxylic acids is 1. The number of aryl methyl sites for hydroxylation is 1. The highest BCUT2D eigenvalue weighted by Gasteiger charge is 2.20. The highest BCUT2D eigenvalue weighted by Crippen LogP contribution is 2.30. The fourth-order valence-corrected chi connectivity index (χ4v) is 4.73. The predicted molar refractivity (Wildman–Crippen MR) is 152 cm³/mol. The number of nitrogens with zero attached hydrogens (tertiary/aromatic N) is 1. The van der Waals surface area contributed by atoms with E-state index in [-0.39, 0.29) is 6.42 Å². The minimum Gasteiger partial charge on any atom is -0.493 e. The van der Waals surface area contributed by atoms with Crippen LogP contribution in [-0.2, 0) is 22.4 Å². The van der Waals surface area contributed by atoms with Crippen molar-refractivity contribution in [1.82, 2.24) is 4.98 Å². The summed E-state index contributed by atoms with van der Waals surface area (Å²) >= 11 is 0. The monoisotopic (exact) mass is 521 g/mol. The number of benzene rings is 4. The molecule has 0 radical (unpaired) electrons. The van der Waals surface area contributed by atoms with Gasteiger partial charge in [-0.25, -0.2) is 9.78 Å². The summed E-state index contributed by atoms with van der Waals surface area (Å²) in [6.45, 7) is 4.50. The van der Waals surface area contributed by atoms with Crippen molar-refractivity contribution < 1.29 is 23.8 Å².